The lowest BCUT2D eigenvalue weighted by Crippen LogP contribution is -2.33. The van der Waals surface area contributed by atoms with Gasteiger partial charge in [-0.2, -0.15) is 0 Å². The minimum atomic E-state index is -0.474. The first-order valence-corrected chi connectivity index (χ1v) is 6.33. The normalized spacial score (nSPS) is 14.0. The molecule has 0 atom stereocenters. The summed E-state index contributed by atoms with van der Waals surface area (Å²) in [5, 5.41) is 5.04. The summed E-state index contributed by atoms with van der Waals surface area (Å²) < 4.78 is 5.12. The number of rotatable bonds is 5. The second kappa shape index (κ2) is 6.12. The van der Waals surface area contributed by atoms with E-state index in [-0.39, 0.29) is 31.3 Å². The number of hydrogen-bond acceptors (Lipinski definition) is 5. The summed E-state index contributed by atoms with van der Waals surface area (Å²) in [6.45, 7) is 0.0139. The highest BCUT2D eigenvalue weighted by molar-refractivity contribution is 6.02. The number of anilines is 2. The Morgan fingerprint density at radius 2 is 2.24 bits per heavy atom. The lowest BCUT2D eigenvalue weighted by molar-refractivity contribution is -0.125. The number of benzene rings is 1. The number of ether oxygens (including phenoxy) is 1. The van der Waals surface area contributed by atoms with Crippen molar-refractivity contribution >= 4 is 29.2 Å². The van der Waals surface area contributed by atoms with Gasteiger partial charge in [0.05, 0.1) is 19.3 Å². The molecule has 4 amide bonds. The van der Waals surface area contributed by atoms with E-state index in [1.54, 1.807) is 18.2 Å². The summed E-state index contributed by atoms with van der Waals surface area (Å²) in [5.41, 5.74) is 6.62. The maximum absolute atomic E-state index is 11.9. The largest absolute Gasteiger partial charge is 0.494 e. The lowest BCUT2D eigenvalue weighted by Gasteiger charge is -2.13. The first kappa shape index (κ1) is 14.6. The van der Waals surface area contributed by atoms with E-state index in [0.717, 1.165) is 4.90 Å². The van der Waals surface area contributed by atoms with Crippen molar-refractivity contribution < 1.29 is 19.1 Å². The van der Waals surface area contributed by atoms with Gasteiger partial charge in [-0.25, -0.2) is 4.79 Å². The number of carbonyl (C=O) groups is 3. The lowest BCUT2D eigenvalue weighted by atomic mass is 10.2. The maximum Gasteiger partial charge on any atom is 0.324 e. The van der Waals surface area contributed by atoms with Gasteiger partial charge in [0, 0.05) is 24.7 Å². The fourth-order valence-corrected chi connectivity index (χ4v) is 1.92. The highest BCUT2D eigenvalue weighted by Crippen LogP contribution is 2.26. The summed E-state index contributed by atoms with van der Waals surface area (Å²) in [6.07, 6.45) is 0.00664. The van der Waals surface area contributed by atoms with Crippen LogP contribution in [0.15, 0.2) is 18.2 Å². The average Bonchev–Trinajstić information content (AvgIpc) is 2.77. The molecule has 1 aromatic carbocycles. The van der Waals surface area contributed by atoms with Crippen molar-refractivity contribution in [3.8, 4) is 5.75 Å². The number of nitrogens with zero attached hydrogens (tertiary/aromatic N) is 1. The van der Waals surface area contributed by atoms with Gasteiger partial charge >= 0.3 is 6.03 Å². The van der Waals surface area contributed by atoms with E-state index in [9.17, 15) is 14.4 Å². The molecule has 1 fully saturated rings. The SMILES string of the molecule is COc1cc(N)ccc1NC(=O)CCN1C(=O)CNC1=O. The second-order valence-electron chi connectivity index (χ2n) is 4.46. The summed E-state index contributed by atoms with van der Waals surface area (Å²) in [7, 11) is 1.47. The second-order valence-corrected chi connectivity index (χ2v) is 4.46. The van der Waals surface area contributed by atoms with Gasteiger partial charge in [-0.15, -0.1) is 0 Å². The fraction of sp³-hybridized carbons (Fsp3) is 0.308. The molecule has 1 heterocycles. The molecular formula is C13H16N4O4. The number of nitrogens with one attached hydrogen (secondary N) is 2. The number of hydrogen-bond donors (Lipinski definition) is 3. The zero-order chi connectivity index (χ0) is 15.4. The molecular weight excluding hydrogens is 276 g/mol. The number of urea groups is 1. The zero-order valence-electron chi connectivity index (χ0n) is 11.5. The van der Waals surface area contributed by atoms with Gasteiger partial charge in [-0.3, -0.25) is 14.5 Å². The number of nitrogens with two attached hydrogens (primary N) is 1. The Morgan fingerprint density at radius 1 is 1.48 bits per heavy atom. The molecule has 8 nitrogen and oxygen atoms in total. The van der Waals surface area contributed by atoms with Crippen LogP contribution in [0.25, 0.3) is 0 Å². The minimum absolute atomic E-state index is 0.00664. The van der Waals surface area contributed by atoms with Gasteiger partial charge in [0.2, 0.25) is 11.8 Å². The molecule has 0 spiro atoms. The smallest absolute Gasteiger partial charge is 0.324 e. The quantitative estimate of drug-likeness (QED) is 0.528. The first-order valence-electron chi connectivity index (χ1n) is 6.33. The highest BCUT2D eigenvalue weighted by Gasteiger charge is 2.28. The third-order valence-electron chi connectivity index (χ3n) is 3.00. The van der Waals surface area contributed by atoms with E-state index in [1.165, 1.54) is 7.11 Å². The van der Waals surface area contributed by atoms with Crippen LogP contribution in [0.4, 0.5) is 16.2 Å². The van der Waals surface area contributed by atoms with Gasteiger partial charge in [0.25, 0.3) is 0 Å². The van der Waals surface area contributed by atoms with Crippen molar-refractivity contribution in [3.05, 3.63) is 18.2 Å². The van der Waals surface area contributed by atoms with E-state index in [2.05, 4.69) is 10.6 Å². The van der Waals surface area contributed by atoms with Crippen molar-refractivity contribution in [1.82, 2.24) is 10.2 Å². The van der Waals surface area contributed by atoms with Crippen LogP contribution in [0.2, 0.25) is 0 Å². The molecule has 112 valence electrons. The molecule has 0 unspecified atom stereocenters. The summed E-state index contributed by atoms with van der Waals surface area (Å²) in [5.74, 6) is -0.221. The highest BCUT2D eigenvalue weighted by atomic mass is 16.5. The molecule has 2 rings (SSSR count). The number of imide groups is 1. The Balaban J connectivity index is 1.93. The molecule has 21 heavy (non-hydrogen) atoms. The topological polar surface area (TPSA) is 114 Å². The van der Waals surface area contributed by atoms with Crippen LogP contribution >= 0.6 is 0 Å². The molecule has 4 N–H and O–H groups in total. The van der Waals surface area contributed by atoms with Gasteiger partial charge in [-0.1, -0.05) is 0 Å². The summed E-state index contributed by atoms with van der Waals surface area (Å²) >= 11 is 0. The molecule has 1 aliphatic heterocycles. The monoisotopic (exact) mass is 292 g/mol. The average molecular weight is 292 g/mol. The Kier molecular flexibility index (Phi) is 4.27. The van der Waals surface area contributed by atoms with Gasteiger partial charge in [-0.05, 0) is 12.1 Å². The Hall–Kier alpha value is -2.77. The summed E-state index contributed by atoms with van der Waals surface area (Å²) in [6, 6.07) is 4.38. The number of nitrogen functional groups attached to an aromatic ring is 1. The number of carbonyl (C=O) groups excluding carboxylic acids is 3. The van der Waals surface area contributed by atoms with Crippen molar-refractivity contribution in [2.75, 3.05) is 31.2 Å². The van der Waals surface area contributed by atoms with E-state index >= 15 is 0 Å². The molecule has 0 saturated carbocycles. The van der Waals surface area contributed by atoms with Crippen LogP contribution < -0.4 is 21.1 Å². The fourth-order valence-electron chi connectivity index (χ4n) is 1.92. The number of methoxy groups -OCH3 is 1. The van der Waals surface area contributed by atoms with E-state index in [1.807, 2.05) is 0 Å². The Labute approximate surface area is 121 Å². The van der Waals surface area contributed by atoms with E-state index in [0.29, 0.717) is 17.1 Å². The molecule has 0 bridgehead atoms. The van der Waals surface area contributed by atoms with Gasteiger partial charge in [0.15, 0.2) is 0 Å². The van der Waals surface area contributed by atoms with Crippen LogP contribution in [0.1, 0.15) is 6.42 Å². The zero-order valence-corrected chi connectivity index (χ0v) is 11.5. The van der Waals surface area contributed by atoms with Gasteiger partial charge in [0.1, 0.15) is 5.75 Å². The van der Waals surface area contributed by atoms with Crippen molar-refractivity contribution in [2.24, 2.45) is 0 Å². The minimum Gasteiger partial charge on any atom is -0.494 e. The van der Waals surface area contributed by atoms with Crippen LogP contribution in [0.5, 0.6) is 5.75 Å². The van der Waals surface area contributed by atoms with Crippen LogP contribution in [-0.2, 0) is 9.59 Å². The van der Waals surface area contributed by atoms with Crippen LogP contribution in [0, 0.1) is 0 Å². The number of amides is 4. The summed E-state index contributed by atoms with van der Waals surface area (Å²) in [4.78, 5) is 35.6. The predicted molar refractivity (Wildman–Crippen MR) is 75.8 cm³/mol. The molecule has 1 saturated heterocycles. The third kappa shape index (κ3) is 3.41. The van der Waals surface area contributed by atoms with Crippen LogP contribution in [-0.4, -0.2) is 42.9 Å². The first-order chi connectivity index (χ1) is 10.0. The van der Waals surface area contributed by atoms with Crippen LogP contribution in [0.3, 0.4) is 0 Å². The molecule has 0 radical (unpaired) electrons. The van der Waals surface area contributed by atoms with Crippen molar-refractivity contribution in [2.45, 2.75) is 6.42 Å². The molecule has 8 heteroatoms. The predicted octanol–water partition coefficient (Wildman–Crippen LogP) is 0.158. The Morgan fingerprint density at radius 3 is 2.86 bits per heavy atom. The third-order valence-corrected chi connectivity index (χ3v) is 3.00. The Bertz CT molecular complexity index is 572. The van der Waals surface area contributed by atoms with E-state index in [4.69, 9.17) is 10.5 Å². The standard InChI is InChI=1S/C13H16N4O4/c1-21-10-6-8(14)2-3-9(10)16-11(18)4-5-17-12(19)7-15-13(17)20/h2-3,6H,4-5,7,14H2,1H3,(H,15,20)(H,16,18). The van der Waals surface area contributed by atoms with Crippen molar-refractivity contribution in [1.29, 1.82) is 0 Å². The maximum atomic E-state index is 11.9. The molecule has 1 aliphatic rings. The van der Waals surface area contributed by atoms with Crippen molar-refractivity contribution in [3.63, 3.8) is 0 Å². The van der Waals surface area contributed by atoms with E-state index < -0.39 is 6.03 Å². The molecule has 0 aliphatic carbocycles. The molecule has 0 aromatic heterocycles. The van der Waals surface area contributed by atoms with Gasteiger partial charge < -0.3 is 21.1 Å². The molecule has 1 aromatic rings.